The summed E-state index contributed by atoms with van der Waals surface area (Å²) in [4.78, 5) is 23.1. The molecule has 0 aromatic carbocycles. The maximum atomic E-state index is 12.8. The van der Waals surface area contributed by atoms with Crippen molar-refractivity contribution in [3.63, 3.8) is 0 Å². The van der Waals surface area contributed by atoms with Crippen molar-refractivity contribution in [2.75, 3.05) is 19.8 Å². The minimum absolute atomic E-state index is 0.0689. The predicted octanol–water partition coefficient (Wildman–Crippen LogP) is 8.59. The number of carbonyl (C=O) groups is 1. The van der Waals surface area contributed by atoms with Crippen LogP contribution in [0.25, 0.3) is 0 Å². The zero-order valence-electron chi connectivity index (χ0n) is 34.7. The quantitative estimate of drug-likeness (QED) is 0.0198. The number of phosphoric acid groups is 1. The SMILES string of the molecule is CCCCCCCCCCCCCCCCCCCCC(=O)OC(COCCCCCCCCCCCC)COP(=O)(O)OC1C(O)C(O)C(O)C(O)C1O. The van der Waals surface area contributed by atoms with Gasteiger partial charge < -0.3 is 39.9 Å². The highest BCUT2D eigenvalue weighted by molar-refractivity contribution is 7.47. The molecule has 1 saturated carbocycles. The van der Waals surface area contributed by atoms with Crippen molar-refractivity contribution in [3.05, 3.63) is 0 Å². The zero-order chi connectivity index (χ0) is 40.6. The monoisotopic (exact) mass is 811 g/mol. The summed E-state index contributed by atoms with van der Waals surface area (Å²) in [5.74, 6) is -0.473. The van der Waals surface area contributed by atoms with Gasteiger partial charge in [0, 0.05) is 13.0 Å². The normalized spacial score (nSPS) is 23.1. The van der Waals surface area contributed by atoms with E-state index >= 15 is 0 Å². The first kappa shape index (κ1) is 52.4. The van der Waals surface area contributed by atoms with Gasteiger partial charge in [0.1, 0.15) is 42.7 Å². The molecular formula is C42H83O12P. The van der Waals surface area contributed by atoms with Crippen LogP contribution in [0.2, 0.25) is 0 Å². The van der Waals surface area contributed by atoms with Crippen LogP contribution in [0, 0.1) is 0 Å². The van der Waals surface area contributed by atoms with Crippen LogP contribution >= 0.6 is 7.82 Å². The molecule has 0 bridgehead atoms. The molecule has 0 spiro atoms. The highest BCUT2D eigenvalue weighted by Gasteiger charge is 2.51. The van der Waals surface area contributed by atoms with Crippen LogP contribution in [-0.4, -0.2) is 98.9 Å². The number of hydrogen-bond donors (Lipinski definition) is 6. The first-order valence-corrected chi connectivity index (χ1v) is 23.9. The standard InChI is InChI=1S/C42H83O12P/c1-3-5-7-9-11-13-15-16-17-18-19-20-21-22-23-25-27-29-31-36(43)53-35(33-51-32-30-28-26-24-14-12-10-8-6-4-2)34-52-55(49,50)54-42-40(47)38(45)37(44)39(46)41(42)48/h35,37-42,44-48H,3-34H2,1-2H3,(H,49,50). The van der Waals surface area contributed by atoms with Gasteiger partial charge in [-0.25, -0.2) is 4.57 Å². The summed E-state index contributed by atoms with van der Waals surface area (Å²) in [7, 11) is -5.00. The lowest BCUT2D eigenvalue weighted by Crippen LogP contribution is -2.64. The van der Waals surface area contributed by atoms with Crippen molar-refractivity contribution in [1.82, 2.24) is 0 Å². The molecule has 1 aliphatic rings. The van der Waals surface area contributed by atoms with Gasteiger partial charge in [-0.15, -0.1) is 0 Å². The first-order chi connectivity index (χ1) is 26.5. The van der Waals surface area contributed by atoms with E-state index in [1.807, 2.05) is 0 Å². The number of unbranched alkanes of at least 4 members (excludes halogenated alkanes) is 26. The fourth-order valence-corrected chi connectivity index (χ4v) is 8.09. The van der Waals surface area contributed by atoms with Gasteiger partial charge in [0.25, 0.3) is 0 Å². The van der Waals surface area contributed by atoms with Crippen molar-refractivity contribution < 1.29 is 58.3 Å². The molecule has 328 valence electrons. The molecule has 0 aromatic rings. The summed E-state index contributed by atoms with van der Waals surface area (Å²) in [6, 6.07) is 0. The minimum Gasteiger partial charge on any atom is -0.457 e. The van der Waals surface area contributed by atoms with Crippen molar-refractivity contribution in [2.24, 2.45) is 0 Å². The number of phosphoric ester groups is 1. The van der Waals surface area contributed by atoms with E-state index in [2.05, 4.69) is 13.8 Å². The van der Waals surface area contributed by atoms with Crippen LogP contribution in [0.4, 0.5) is 0 Å². The third-order valence-electron chi connectivity index (χ3n) is 10.7. The smallest absolute Gasteiger partial charge is 0.457 e. The second-order valence-electron chi connectivity index (χ2n) is 15.9. The molecular weight excluding hydrogens is 727 g/mol. The van der Waals surface area contributed by atoms with E-state index in [4.69, 9.17) is 18.5 Å². The maximum absolute atomic E-state index is 12.8. The molecule has 0 aromatic heterocycles. The van der Waals surface area contributed by atoms with Crippen LogP contribution in [0.15, 0.2) is 0 Å². The van der Waals surface area contributed by atoms with Crippen molar-refractivity contribution in [2.45, 2.75) is 243 Å². The van der Waals surface area contributed by atoms with E-state index in [0.717, 1.165) is 38.5 Å². The number of hydrogen-bond acceptors (Lipinski definition) is 11. The second kappa shape index (κ2) is 34.2. The van der Waals surface area contributed by atoms with Crippen LogP contribution in [0.1, 0.15) is 200 Å². The molecule has 1 fully saturated rings. The third kappa shape index (κ3) is 26.9. The van der Waals surface area contributed by atoms with Gasteiger partial charge in [-0.1, -0.05) is 181 Å². The van der Waals surface area contributed by atoms with Crippen LogP contribution < -0.4 is 0 Å². The Hall–Kier alpha value is -0.660. The summed E-state index contributed by atoms with van der Waals surface area (Å²) < 4.78 is 34.1. The number of esters is 1. The van der Waals surface area contributed by atoms with Gasteiger partial charge in [0.2, 0.25) is 0 Å². The lowest BCUT2D eigenvalue weighted by atomic mass is 9.85. The Morgan fingerprint density at radius 1 is 0.509 bits per heavy atom. The molecule has 1 aliphatic carbocycles. The fourth-order valence-electron chi connectivity index (χ4n) is 7.12. The number of aliphatic hydroxyl groups excluding tert-OH is 5. The van der Waals surface area contributed by atoms with E-state index in [-0.39, 0.29) is 13.0 Å². The number of aliphatic hydroxyl groups is 5. The van der Waals surface area contributed by atoms with Gasteiger partial charge in [0.05, 0.1) is 13.2 Å². The van der Waals surface area contributed by atoms with Crippen LogP contribution in [0.5, 0.6) is 0 Å². The Bertz CT molecular complexity index is 926. The second-order valence-corrected chi connectivity index (χ2v) is 17.3. The zero-order valence-corrected chi connectivity index (χ0v) is 35.6. The summed E-state index contributed by atoms with van der Waals surface area (Å²) in [5, 5.41) is 50.1. The summed E-state index contributed by atoms with van der Waals surface area (Å²) >= 11 is 0. The fraction of sp³-hybridized carbons (Fsp3) is 0.976. The Morgan fingerprint density at radius 3 is 1.25 bits per heavy atom. The molecule has 0 heterocycles. The highest BCUT2D eigenvalue weighted by Crippen LogP contribution is 2.47. The van der Waals surface area contributed by atoms with Crippen molar-refractivity contribution in [3.8, 4) is 0 Å². The lowest BCUT2D eigenvalue weighted by Gasteiger charge is -2.41. The van der Waals surface area contributed by atoms with E-state index in [1.165, 1.54) is 135 Å². The van der Waals surface area contributed by atoms with E-state index in [0.29, 0.717) is 13.0 Å². The van der Waals surface area contributed by atoms with Gasteiger partial charge in [-0.2, -0.15) is 0 Å². The Morgan fingerprint density at radius 2 is 0.855 bits per heavy atom. The Kier molecular flexibility index (Phi) is 32.6. The largest absolute Gasteiger partial charge is 0.472 e. The average molecular weight is 811 g/mol. The Balaban J connectivity index is 2.36. The predicted molar refractivity (Wildman–Crippen MR) is 217 cm³/mol. The lowest BCUT2D eigenvalue weighted by molar-refractivity contribution is -0.220. The maximum Gasteiger partial charge on any atom is 0.472 e. The van der Waals surface area contributed by atoms with E-state index in [1.54, 1.807) is 0 Å². The molecule has 0 saturated heterocycles. The topological polar surface area (TPSA) is 192 Å². The summed E-state index contributed by atoms with van der Waals surface area (Å²) in [6.45, 7) is 4.27. The van der Waals surface area contributed by atoms with Gasteiger partial charge in [-0.05, 0) is 12.8 Å². The molecule has 0 amide bonds. The van der Waals surface area contributed by atoms with E-state index in [9.17, 15) is 39.8 Å². The van der Waals surface area contributed by atoms with Crippen LogP contribution in [0.3, 0.4) is 0 Å². The number of ether oxygens (including phenoxy) is 2. The molecule has 0 aliphatic heterocycles. The van der Waals surface area contributed by atoms with Crippen molar-refractivity contribution in [1.29, 1.82) is 0 Å². The Labute approximate surface area is 334 Å². The molecule has 6 atom stereocenters. The average Bonchev–Trinajstić information content (AvgIpc) is 3.17. The minimum atomic E-state index is -5.00. The molecule has 6 N–H and O–H groups in total. The van der Waals surface area contributed by atoms with E-state index < -0.39 is 63.1 Å². The highest BCUT2D eigenvalue weighted by atomic mass is 31.2. The van der Waals surface area contributed by atoms with Gasteiger partial charge in [-0.3, -0.25) is 13.8 Å². The number of rotatable bonds is 38. The molecule has 6 unspecified atom stereocenters. The summed E-state index contributed by atoms with van der Waals surface area (Å²) in [5.41, 5.74) is 0. The molecule has 13 heteroatoms. The van der Waals surface area contributed by atoms with Crippen LogP contribution in [-0.2, 0) is 27.9 Å². The van der Waals surface area contributed by atoms with Gasteiger partial charge >= 0.3 is 13.8 Å². The number of carbonyl (C=O) groups excluding carboxylic acids is 1. The molecule has 12 nitrogen and oxygen atoms in total. The first-order valence-electron chi connectivity index (χ1n) is 22.4. The third-order valence-corrected chi connectivity index (χ3v) is 11.7. The molecule has 1 rings (SSSR count). The van der Waals surface area contributed by atoms with Gasteiger partial charge in [0.15, 0.2) is 0 Å². The molecule has 0 radical (unpaired) electrons. The van der Waals surface area contributed by atoms with Crippen molar-refractivity contribution >= 4 is 13.8 Å². The summed E-state index contributed by atoms with van der Waals surface area (Å²) in [6.07, 6.45) is 21.8. The molecule has 55 heavy (non-hydrogen) atoms.